The molecule has 0 aliphatic rings. The Kier molecular flexibility index (Phi) is 5.95. The first kappa shape index (κ1) is 19.5. The minimum atomic E-state index is -0.498. The first-order valence-corrected chi connectivity index (χ1v) is 9.59. The number of hydrogen-bond donors (Lipinski definition) is 1. The van der Waals surface area contributed by atoms with Crippen LogP contribution < -0.4 is 11.2 Å². The van der Waals surface area contributed by atoms with Crippen LogP contribution in [0.25, 0.3) is 0 Å². The lowest BCUT2D eigenvalue weighted by atomic mass is 9.98. The molecule has 0 bridgehead atoms. The van der Waals surface area contributed by atoms with Gasteiger partial charge in [0.05, 0.1) is 18.5 Å². The predicted molar refractivity (Wildman–Crippen MR) is 111 cm³/mol. The number of hydrogen-bond acceptors (Lipinski definition) is 5. The molecule has 2 aromatic heterocycles. The molecule has 0 aliphatic carbocycles. The van der Waals surface area contributed by atoms with Crippen LogP contribution in [-0.4, -0.2) is 31.2 Å². The van der Waals surface area contributed by atoms with Crippen molar-refractivity contribution in [3.05, 3.63) is 117 Å². The molecular weight excluding hydrogens is 382 g/mol. The Labute approximate surface area is 172 Å². The van der Waals surface area contributed by atoms with Crippen molar-refractivity contribution in [1.29, 1.82) is 0 Å². The summed E-state index contributed by atoms with van der Waals surface area (Å²) in [6.45, 7) is 0.424. The summed E-state index contributed by atoms with van der Waals surface area (Å²) in [7, 11) is 0. The van der Waals surface area contributed by atoms with E-state index < -0.39 is 11.2 Å². The fraction of sp³-hybridized carbons (Fsp3) is 0.182. The first-order valence-electron chi connectivity index (χ1n) is 9.59. The normalized spacial score (nSPS) is 11.1. The zero-order valence-corrected chi connectivity index (χ0v) is 16.2. The highest BCUT2D eigenvalue weighted by Gasteiger charge is 2.20. The van der Waals surface area contributed by atoms with Crippen molar-refractivity contribution in [3.8, 4) is 0 Å². The number of aromatic amines is 1. The fourth-order valence-corrected chi connectivity index (χ4v) is 3.29. The quantitative estimate of drug-likeness (QED) is 0.454. The van der Waals surface area contributed by atoms with E-state index in [1.807, 2.05) is 41.1 Å². The summed E-state index contributed by atoms with van der Waals surface area (Å²) in [6, 6.07) is 21.5. The number of ether oxygens (including phenoxy) is 1. The van der Waals surface area contributed by atoms with Gasteiger partial charge in [0.25, 0.3) is 5.56 Å². The zero-order valence-electron chi connectivity index (χ0n) is 16.2. The molecule has 2 heterocycles. The van der Waals surface area contributed by atoms with Crippen molar-refractivity contribution in [2.45, 2.75) is 19.2 Å². The van der Waals surface area contributed by atoms with Crippen LogP contribution in [0.3, 0.4) is 0 Å². The van der Waals surface area contributed by atoms with Crippen molar-refractivity contribution in [1.82, 2.24) is 24.5 Å². The fourth-order valence-electron chi connectivity index (χ4n) is 3.29. The lowest BCUT2D eigenvalue weighted by Gasteiger charge is -2.20. The molecule has 0 fully saturated rings. The van der Waals surface area contributed by atoms with Crippen LogP contribution in [0.5, 0.6) is 0 Å². The number of nitrogens with zero attached hydrogens (tertiary/aromatic N) is 4. The van der Waals surface area contributed by atoms with Crippen LogP contribution in [-0.2, 0) is 17.9 Å². The third kappa shape index (κ3) is 4.44. The predicted octanol–water partition coefficient (Wildman–Crippen LogP) is 1.98. The summed E-state index contributed by atoms with van der Waals surface area (Å²) in [5.41, 5.74) is 2.20. The van der Waals surface area contributed by atoms with E-state index in [4.69, 9.17) is 4.74 Å². The Morgan fingerprint density at radius 1 is 0.933 bits per heavy atom. The van der Waals surface area contributed by atoms with Gasteiger partial charge in [0.2, 0.25) is 0 Å². The summed E-state index contributed by atoms with van der Waals surface area (Å²) in [5.74, 6) is 0. The second-order valence-electron chi connectivity index (χ2n) is 6.76. The van der Waals surface area contributed by atoms with Gasteiger partial charge < -0.3 is 4.74 Å². The van der Waals surface area contributed by atoms with Crippen LogP contribution in [0.4, 0.5) is 0 Å². The highest BCUT2D eigenvalue weighted by molar-refractivity contribution is 5.32. The molecule has 1 N–H and O–H groups in total. The second kappa shape index (κ2) is 9.15. The zero-order chi connectivity index (χ0) is 20.8. The average molecular weight is 403 g/mol. The summed E-state index contributed by atoms with van der Waals surface area (Å²) < 4.78 is 8.83. The minimum Gasteiger partial charge on any atom is -0.360 e. The largest absolute Gasteiger partial charge is 0.360 e. The molecule has 0 unspecified atom stereocenters. The third-order valence-corrected chi connectivity index (χ3v) is 4.75. The highest BCUT2D eigenvalue weighted by atomic mass is 16.5. The van der Waals surface area contributed by atoms with Gasteiger partial charge in [-0.1, -0.05) is 65.9 Å². The molecule has 0 saturated heterocycles. The van der Waals surface area contributed by atoms with Gasteiger partial charge in [-0.2, -0.15) is 0 Å². The van der Waals surface area contributed by atoms with E-state index in [-0.39, 0.29) is 12.8 Å². The van der Waals surface area contributed by atoms with E-state index in [9.17, 15) is 9.59 Å². The molecule has 0 aliphatic heterocycles. The van der Waals surface area contributed by atoms with E-state index in [2.05, 4.69) is 39.6 Å². The summed E-state index contributed by atoms with van der Waals surface area (Å²) in [6.07, 6.45) is 3.71. The van der Waals surface area contributed by atoms with Crippen LogP contribution in [0, 0.1) is 0 Å². The maximum atomic E-state index is 11.7. The number of nitrogens with one attached hydrogen (secondary N) is 1. The smallest absolute Gasteiger partial charge is 0.330 e. The van der Waals surface area contributed by atoms with E-state index >= 15 is 0 Å². The number of aromatic nitrogens is 5. The van der Waals surface area contributed by atoms with Gasteiger partial charge in [-0.15, -0.1) is 5.10 Å². The molecule has 0 radical (unpaired) electrons. The van der Waals surface area contributed by atoms with Gasteiger partial charge in [0.1, 0.15) is 12.8 Å². The van der Waals surface area contributed by atoms with Gasteiger partial charge in [-0.25, -0.2) is 9.48 Å². The van der Waals surface area contributed by atoms with Crippen LogP contribution in [0.15, 0.2) is 88.7 Å². The molecule has 152 valence electrons. The van der Waals surface area contributed by atoms with Gasteiger partial charge in [-0.3, -0.25) is 14.3 Å². The Morgan fingerprint density at radius 2 is 1.60 bits per heavy atom. The molecule has 0 atom stereocenters. The van der Waals surface area contributed by atoms with E-state index in [1.54, 1.807) is 6.20 Å². The molecule has 0 spiro atoms. The van der Waals surface area contributed by atoms with Crippen molar-refractivity contribution in [2.24, 2.45) is 0 Å². The van der Waals surface area contributed by atoms with Gasteiger partial charge in [-0.05, 0) is 11.1 Å². The van der Waals surface area contributed by atoms with Crippen molar-refractivity contribution in [3.63, 3.8) is 0 Å². The summed E-state index contributed by atoms with van der Waals surface area (Å²) >= 11 is 0. The Balaban J connectivity index is 1.50. The monoisotopic (exact) mass is 403 g/mol. The first-order chi connectivity index (χ1) is 14.7. The minimum absolute atomic E-state index is 0.0535. The number of benzene rings is 2. The summed E-state index contributed by atoms with van der Waals surface area (Å²) in [4.78, 5) is 25.1. The number of rotatable bonds is 8. The van der Waals surface area contributed by atoms with E-state index in [0.717, 1.165) is 16.8 Å². The average Bonchev–Trinajstić information content (AvgIpc) is 3.22. The van der Waals surface area contributed by atoms with Gasteiger partial charge in [0.15, 0.2) is 0 Å². The second-order valence-corrected chi connectivity index (χ2v) is 6.76. The van der Waals surface area contributed by atoms with Crippen molar-refractivity contribution >= 4 is 0 Å². The van der Waals surface area contributed by atoms with Crippen LogP contribution >= 0.6 is 0 Å². The molecular formula is C22H21N5O3. The lowest BCUT2D eigenvalue weighted by molar-refractivity contribution is 0.0750. The highest BCUT2D eigenvalue weighted by Crippen LogP contribution is 2.27. The summed E-state index contributed by atoms with van der Waals surface area (Å²) in [5, 5.41) is 8.46. The lowest BCUT2D eigenvalue weighted by Crippen LogP contribution is -2.29. The van der Waals surface area contributed by atoms with E-state index in [1.165, 1.54) is 16.8 Å². The van der Waals surface area contributed by atoms with Gasteiger partial charge >= 0.3 is 5.69 Å². The Morgan fingerprint density at radius 3 is 2.23 bits per heavy atom. The Bertz CT molecular complexity index is 1160. The Hall–Kier alpha value is -3.78. The van der Waals surface area contributed by atoms with Crippen molar-refractivity contribution in [2.75, 3.05) is 6.61 Å². The van der Waals surface area contributed by atoms with Crippen LogP contribution in [0.1, 0.15) is 22.9 Å². The van der Waals surface area contributed by atoms with Gasteiger partial charge in [0, 0.05) is 18.7 Å². The maximum Gasteiger partial charge on any atom is 0.330 e. The third-order valence-electron chi connectivity index (χ3n) is 4.75. The van der Waals surface area contributed by atoms with Crippen molar-refractivity contribution < 1.29 is 4.74 Å². The molecule has 4 rings (SSSR count). The molecule has 4 aromatic rings. The SMILES string of the molecule is O=c1ccn(COCCc2cnnn2C(c2ccccc2)c2ccccc2)c(=O)[nH]1. The van der Waals surface area contributed by atoms with E-state index in [0.29, 0.717) is 13.0 Å². The topological polar surface area (TPSA) is 94.8 Å². The number of H-pyrrole nitrogens is 1. The maximum absolute atomic E-state index is 11.7. The van der Waals surface area contributed by atoms with Crippen LogP contribution in [0.2, 0.25) is 0 Å². The molecule has 30 heavy (non-hydrogen) atoms. The molecule has 0 amide bonds. The standard InChI is InChI=1S/C22H21N5O3/c28-20-11-13-26(22(29)24-20)16-30-14-12-19-15-23-25-27(19)21(17-7-3-1-4-8-17)18-9-5-2-6-10-18/h1-11,13,15,21H,12,14,16H2,(H,24,28,29). The molecule has 8 nitrogen and oxygen atoms in total. The molecule has 8 heteroatoms. The molecule has 0 saturated carbocycles. The molecule has 2 aromatic carbocycles.